The molecule has 6 atom stereocenters. The molecule has 0 saturated carbocycles. The second-order valence-electron chi connectivity index (χ2n) is 20.7. The number of nitrogens with one attached hydrogen (secondary N) is 2. The number of halogens is 3. The molecule has 0 radical (unpaired) electrons. The average Bonchev–Trinajstić information content (AvgIpc) is 3.31. The number of piperidine rings is 1. The van der Waals surface area contributed by atoms with Crippen molar-refractivity contribution in [3.63, 3.8) is 0 Å². The molecule has 73 heavy (non-hydrogen) atoms. The van der Waals surface area contributed by atoms with Crippen LogP contribution in [0.5, 0.6) is 0 Å². The summed E-state index contributed by atoms with van der Waals surface area (Å²) in [6, 6.07) is 8.05. The molecule has 6 rings (SSSR count). The Morgan fingerprint density at radius 2 is 1.51 bits per heavy atom. The Bertz CT molecular complexity index is 2670. The molecule has 0 bridgehead atoms. The summed E-state index contributed by atoms with van der Waals surface area (Å²) in [4.78, 5) is 93.9. The van der Waals surface area contributed by atoms with E-state index in [9.17, 15) is 47.0 Å². The minimum Gasteiger partial charge on any atom is -0.481 e. The van der Waals surface area contributed by atoms with Gasteiger partial charge in [0.25, 0.3) is 5.56 Å². The number of morpholine rings is 1. The maximum atomic E-state index is 14.5. The molecule has 3 N–H and O–H groups in total. The van der Waals surface area contributed by atoms with E-state index in [0.717, 1.165) is 32.8 Å². The summed E-state index contributed by atoms with van der Waals surface area (Å²) in [7, 11) is 0. The smallest absolute Gasteiger partial charge is 0.392 e. The highest BCUT2D eigenvalue weighted by Gasteiger charge is 2.46. The Morgan fingerprint density at radius 1 is 0.863 bits per heavy atom. The van der Waals surface area contributed by atoms with Crippen LogP contribution in [0.4, 0.5) is 18.9 Å². The maximum Gasteiger partial charge on any atom is 0.392 e. The summed E-state index contributed by atoms with van der Waals surface area (Å²) in [5, 5.41) is 15.8. The lowest BCUT2D eigenvalue weighted by Gasteiger charge is -2.39. The van der Waals surface area contributed by atoms with Crippen molar-refractivity contribution in [1.82, 2.24) is 30.1 Å². The molecule has 4 aromatic rings. The molecule has 2 aliphatic heterocycles. The van der Waals surface area contributed by atoms with Gasteiger partial charge in [0, 0.05) is 62.5 Å². The van der Waals surface area contributed by atoms with Gasteiger partial charge in [-0.25, -0.2) is 0 Å². The zero-order valence-electron chi connectivity index (χ0n) is 42.8. The molecular formula is C54H68F3N7O9. The monoisotopic (exact) mass is 1020 g/mol. The van der Waals surface area contributed by atoms with Crippen LogP contribution in [0.3, 0.4) is 0 Å². The van der Waals surface area contributed by atoms with Crippen molar-refractivity contribution >= 4 is 35.3 Å². The number of amides is 3. The van der Waals surface area contributed by atoms with Crippen molar-refractivity contribution in [3.8, 4) is 11.1 Å². The lowest BCUT2D eigenvalue weighted by atomic mass is 9.91. The van der Waals surface area contributed by atoms with Gasteiger partial charge in [-0.2, -0.15) is 13.2 Å². The highest BCUT2D eigenvalue weighted by Crippen LogP contribution is 2.37. The van der Waals surface area contributed by atoms with E-state index >= 15 is 0 Å². The zero-order chi connectivity index (χ0) is 53.4. The second kappa shape index (κ2) is 23.9. The number of esters is 1. The van der Waals surface area contributed by atoms with Gasteiger partial charge in [-0.05, 0) is 117 Å². The van der Waals surface area contributed by atoms with Crippen molar-refractivity contribution in [2.75, 3.05) is 37.7 Å². The number of carbonyl (C=O) groups excluding carboxylic acids is 4. The van der Waals surface area contributed by atoms with Crippen LogP contribution in [-0.4, -0.2) is 105 Å². The number of rotatable bonds is 20. The Kier molecular flexibility index (Phi) is 18.3. The SMILES string of the molecule is Cc1ccn([C@H](CC(C)C)C(=O)N[C@@H](CC(=O)OCC(C)C[C@@H](C(=O)N[C@@H](CC(=O)O)c2cncc(-c3c(C)cccc3C)c2)N2CC[C@H](C(F)(F)F)CC2=O)c2cncc(N3CCOC(C)(C)C3)c2)c(=O)c1. The third-order valence-electron chi connectivity index (χ3n) is 13.4. The molecule has 3 amide bonds. The highest BCUT2D eigenvalue weighted by molar-refractivity contribution is 5.89. The molecule has 2 saturated heterocycles. The molecule has 19 heteroatoms. The predicted molar refractivity (Wildman–Crippen MR) is 267 cm³/mol. The summed E-state index contributed by atoms with van der Waals surface area (Å²) in [6.07, 6.45) is 1.08. The number of alkyl halides is 3. The predicted octanol–water partition coefficient (Wildman–Crippen LogP) is 7.75. The Morgan fingerprint density at radius 3 is 2.12 bits per heavy atom. The Balaban J connectivity index is 1.24. The first-order valence-electron chi connectivity index (χ1n) is 24.8. The number of carbonyl (C=O) groups is 5. The van der Waals surface area contributed by atoms with Gasteiger partial charge in [0.1, 0.15) is 12.1 Å². The number of aryl methyl sites for hydroxylation is 3. The number of likely N-dealkylation sites (tertiary alicyclic amines) is 1. The molecule has 5 heterocycles. The fraction of sp³-hybridized carbons (Fsp3) is 0.519. The van der Waals surface area contributed by atoms with E-state index in [-0.39, 0.29) is 30.9 Å². The molecule has 0 spiro atoms. The molecule has 1 unspecified atom stereocenters. The van der Waals surface area contributed by atoms with E-state index in [0.29, 0.717) is 42.8 Å². The first kappa shape index (κ1) is 55.7. The van der Waals surface area contributed by atoms with Crippen LogP contribution in [-0.2, 0) is 33.4 Å². The molecule has 2 aliphatic rings. The normalized spacial score (nSPS) is 18.1. The quantitative estimate of drug-likeness (QED) is 0.0728. The standard InChI is InChI=1S/C54H68F3N7O9/c1-32(2)18-44(63-14-12-33(3)20-46(63)65)51(70)61-43(38-22-41(29-59-27-38)62-16-17-73-53(7,8)31-62)25-49(69)72-30-34(4)19-45(64-15-13-40(23-47(64)66)54(55,56)57)52(71)60-42(24-48(67)68)37-21-39(28-58-26-37)50-35(5)10-9-11-36(50)6/h9-12,14,20-22,26-29,32,34,40,42-45H,13,15-19,23-25,30-31H2,1-8H3,(H,60,71)(H,61,70)(H,67,68)/t34?,40-,42-,43-,44+,45-/m0/s1. The van der Waals surface area contributed by atoms with Crippen LogP contribution in [0.2, 0.25) is 0 Å². The molecular weight excluding hydrogens is 948 g/mol. The Labute approximate surface area is 424 Å². The summed E-state index contributed by atoms with van der Waals surface area (Å²) < 4.78 is 54.7. The van der Waals surface area contributed by atoms with Crippen LogP contribution < -0.4 is 21.1 Å². The van der Waals surface area contributed by atoms with Crippen molar-refractivity contribution in [2.45, 2.75) is 130 Å². The van der Waals surface area contributed by atoms with Crippen LogP contribution in [0, 0.1) is 38.5 Å². The summed E-state index contributed by atoms with van der Waals surface area (Å²) in [5.41, 5.74) is 4.94. The van der Waals surface area contributed by atoms with Crippen LogP contribution >= 0.6 is 0 Å². The van der Waals surface area contributed by atoms with Gasteiger partial charge in [-0.3, -0.25) is 38.7 Å². The Hall–Kier alpha value is -6.63. The molecule has 2 fully saturated rings. The number of ether oxygens (including phenoxy) is 2. The number of anilines is 1. The van der Waals surface area contributed by atoms with E-state index in [4.69, 9.17) is 9.47 Å². The minimum absolute atomic E-state index is 0.000264. The van der Waals surface area contributed by atoms with E-state index in [1.54, 1.807) is 50.8 Å². The van der Waals surface area contributed by atoms with Gasteiger partial charge in [0.15, 0.2) is 0 Å². The van der Waals surface area contributed by atoms with Gasteiger partial charge < -0.3 is 39.6 Å². The largest absolute Gasteiger partial charge is 0.481 e. The lowest BCUT2D eigenvalue weighted by molar-refractivity contribution is -0.191. The zero-order valence-corrected chi connectivity index (χ0v) is 42.8. The maximum absolute atomic E-state index is 14.5. The van der Waals surface area contributed by atoms with Gasteiger partial charge in [-0.1, -0.05) is 39.0 Å². The first-order chi connectivity index (χ1) is 34.4. The van der Waals surface area contributed by atoms with Crippen LogP contribution in [0.15, 0.2) is 78.2 Å². The molecule has 1 aromatic carbocycles. The lowest BCUT2D eigenvalue weighted by Crippen LogP contribution is -2.54. The number of pyridine rings is 3. The number of benzene rings is 1. The fourth-order valence-electron chi connectivity index (χ4n) is 9.70. The minimum atomic E-state index is -4.64. The van der Waals surface area contributed by atoms with E-state index < -0.39 is 103 Å². The number of carboxylic acids is 1. The van der Waals surface area contributed by atoms with Crippen molar-refractivity contribution in [3.05, 3.63) is 112 Å². The molecule has 0 aliphatic carbocycles. The molecule has 16 nitrogen and oxygen atoms in total. The second-order valence-corrected chi connectivity index (χ2v) is 20.7. The third-order valence-corrected chi connectivity index (χ3v) is 13.4. The van der Waals surface area contributed by atoms with Crippen LogP contribution in [0.1, 0.15) is 119 Å². The van der Waals surface area contributed by atoms with Gasteiger partial charge in [0.05, 0.1) is 61.5 Å². The van der Waals surface area contributed by atoms with Gasteiger partial charge in [0.2, 0.25) is 17.7 Å². The highest BCUT2D eigenvalue weighted by atomic mass is 19.4. The van der Waals surface area contributed by atoms with Crippen LogP contribution in [0.25, 0.3) is 11.1 Å². The topological polar surface area (TPSA) is 202 Å². The van der Waals surface area contributed by atoms with Crippen molar-refractivity contribution in [1.29, 1.82) is 0 Å². The summed E-state index contributed by atoms with van der Waals surface area (Å²) in [5.74, 6) is -6.78. The number of hydrogen-bond donors (Lipinski definition) is 3. The number of aromatic nitrogens is 3. The molecule has 3 aromatic heterocycles. The number of nitrogens with zero attached hydrogens (tertiary/aromatic N) is 5. The van der Waals surface area contributed by atoms with Crippen molar-refractivity contribution < 1.29 is 51.7 Å². The summed E-state index contributed by atoms with van der Waals surface area (Å²) in [6.45, 7) is 16.0. The first-order valence-corrected chi connectivity index (χ1v) is 24.8. The number of aliphatic carboxylic acids is 1. The van der Waals surface area contributed by atoms with E-state index in [1.807, 2.05) is 65.8 Å². The van der Waals surface area contributed by atoms with E-state index in [1.165, 1.54) is 16.8 Å². The van der Waals surface area contributed by atoms with Crippen molar-refractivity contribution in [2.24, 2.45) is 17.8 Å². The molecule has 394 valence electrons. The third kappa shape index (κ3) is 15.0. The summed E-state index contributed by atoms with van der Waals surface area (Å²) >= 11 is 0. The fourth-order valence-corrected chi connectivity index (χ4v) is 9.70. The van der Waals surface area contributed by atoms with E-state index in [2.05, 4.69) is 25.5 Å². The van der Waals surface area contributed by atoms with Gasteiger partial charge >= 0.3 is 18.1 Å². The number of carboxylic acid groups (broad SMARTS) is 1. The number of hydrogen-bond acceptors (Lipinski definition) is 11. The average molecular weight is 1020 g/mol. The van der Waals surface area contributed by atoms with Gasteiger partial charge in [-0.15, -0.1) is 0 Å².